The van der Waals surface area contributed by atoms with Gasteiger partial charge in [0.15, 0.2) is 0 Å². The molecule has 0 saturated heterocycles. The highest BCUT2D eigenvalue weighted by Crippen LogP contribution is 2.50. The summed E-state index contributed by atoms with van der Waals surface area (Å²) in [7, 11) is 0. The molecule has 96 valence electrons. The van der Waals surface area contributed by atoms with Crippen LogP contribution in [0.2, 0.25) is 0 Å². The Hall–Kier alpha value is 0. The average Bonchev–Trinajstić information content (AvgIpc) is 2.43. The van der Waals surface area contributed by atoms with Crippen molar-refractivity contribution in [1.82, 2.24) is 0 Å². The van der Waals surface area contributed by atoms with Crippen LogP contribution in [0.1, 0.15) is 61.3 Å². The van der Waals surface area contributed by atoms with Gasteiger partial charge in [0.1, 0.15) is 0 Å². The van der Waals surface area contributed by atoms with E-state index in [1.54, 1.807) is 0 Å². The Kier molecular flexibility index (Phi) is 4.88. The predicted molar refractivity (Wildman–Crippen MR) is 73.4 cm³/mol. The maximum atomic E-state index is 2.49. The summed E-state index contributed by atoms with van der Waals surface area (Å²) in [5.41, 5.74) is 0. The van der Waals surface area contributed by atoms with Gasteiger partial charge >= 0.3 is 0 Å². The molecule has 0 aliphatic heterocycles. The fourth-order valence-electron chi connectivity index (χ4n) is 4.10. The van der Waals surface area contributed by atoms with E-state index in [1.807, 2.05) is 0 Å². The SMILES string of the molecule is CC(C)CC1C(C)CC(C(C)C)C1C(C)C. The molecule has 0 nitrogen and oxygen atoms in total. The van der Waals surface area contributed by atoms with Crippen molar-refractivity contribution in [3.63, 3.8) is 0 Å². The Morgan fingerprint density at radius 2 is 1.50 bits per heavy atom. The van der Waals surface area contributed by atoms with Crippen LogP contribution in [0.4, 0.5) is 0 Å². The van der Waals surface area contributed by atoms with E-state index in [4.69, 9.17) is 0 Å². The van der Waals surface area contributed by atoms with Gasteiger partial charge in [0.25, 0.3) is 0 Å². The topological polar surface area (TPSA) is 0 Å². The molecule has 0 heterocycles. The molecular weight excluding hydrogens is 192 g/mol. The second-order valence-electron chi connectivity index (χ2n) is 7.24. The van der Waals surface area contributed by atoms with Crippen LogP contribution in [0.3, 0.4) is 0 Å². The maximum Gasteiger partial charge on any atom is -0.0329 e. The van der Waals surface area contributed by atoms with Crippen LogP contribution in [0.15, 0.2) is 0 Å². The van der Waals surface area contributed by atoms with Crippen molar-refractivity contribution in [3.8, 4) is 0 Å². The predicted octanol–water partition coefficient (Wildman–Crippen LogP) is 5.23. The zero-order valence-corrected chi connectivity index (χ0v) is 12.5. The minimum atomic E-state index is 0.861. The molecule has 0 aromatic carbocycles. The molecule has 4 atom stereocenters. The Bertz CT molecular complexity index is 202. The van der Waals surface area contributed by atoms with E-state index in [0.29, 0.717) is 0 Å². The molecule has 1 fully saturated rings. The molecule has 1 aliphatic carbocycles. The quantitative estimate of drug-likeness (QED) is 0.613. The molecule has 16 heavy (non-hydrogen) atoms. The fourth-order valence-corrected chi connectivity index (χ4v) is 4.10. The molecule has 0 aromatic rings. The summed E-state index contributed by atoms with van der Waals surface area (Å²) in [4.78, 5) is 0. The number of hydrogen-bond donors (Lipinski definition) is 0. The lowest BCUT2D eigenvalue weighted by Gasteiger charge is -2.32. The molecule has 1 rings (SSSR count). The van der Waals surface area contributed by atoms with Gasteiger partial charge in [-0.15, -0.1) is 0 Å². The van der Waals surface area contributed by atoms with E-state index in [9.17, 15) is 0 Å². The second-order valence-corrected chi connectivity index (χ2v) is 7.24. The van der Waals surface area contributed by atoms with E-state index in [1.165, 1.54) is 12.8 Å². The molecule has 0 aromatic heterocycles. The summed E-state index contributed by atoms with van der Waals surface area (Å²) in [5, 5.41) is 0. The molecule has 0 heteroatoms. The summed E-state index contributed by atoms with van der Waals surface area (Å²) < 4.78 is 0. The van der Waals surface area contributed by atoms with Gasteiger partial charge in [0.2, 0.25) is 0 Å². The van der Waals surface area contributed by atoms with Crippen molar-refractivity contribution >= 4 is 0 Å². The molecule has 1 saturated carbocycles. The largest absolute Gasteiger partial charge is 0.0628 e. The molecule has 0 amide bonds. The van der Waals surface area contributed by atoms with E-state index in [0.717, 1.165) is 41.4 Å². The summed E-state index contributed by atoms with van der Waals surface area (Å²) in [6.45, 7) is 17.0. The fraction of sp³-hybridized carbons (Fsp3) is 1.00. The highest BCUT2D eigenvalue weighted by atomic mass is 14.5. The van der Waals surface area contributed by atoms with E-state index < -0.39 is 0 Å². The standard InChI is InChI=1S/C16H32/c1-10(2)8-15-13(7)9-14(11(3)4)16(15)12(5)6/h10-16H,8-9H2,1-7H3. The van der Waals surface area contributed by atoms with Gasteiger partial charge in [-0.2, -0.15) is 0 Å². The highest BCUT2D eigenvalue weighted by molar-refractivity contribution is 4.92. The Morgan fingerprint density at radius 3 is 1.88 bits per heavy atom. The Balaban J connectivity index is 2.80. The van der Waals surface area contributed by atoms with Crippen molar-refractivity contribution in [2.75, 3.05) is 0 Å². The molecule has 0 radical (unpaired) electrons. The summed E-state index contributed by atoms with van der Waals surface area (Å²) in [5.74, 6) is 6.46. The molecular formula is C16H32. The Labute approximate surface area is 103 Å². The summed E-state index contributed by atoms with van der Waals surface area (Å²) in [6, 6.07) is 0. The molecule has 1 aliphatic rings. The van der Waals surface area contributed by atoms with Crippen LogP contribution in [-0.4, -0.2) is 0 Å². The number of hydrogen-bond acceptors (Lipinski definition) is 0. The molecule has 0 N–H and O–H groups in total. The van der Waals surface area contributed by atoms with Gasteiger partial charge < -0.3 is 0 Å². The van der Waals surface area contributed by atoms with Crippen LogP contribution >= 0.6 is 0 Å². The van der Waals surface area contributed by atoms with Crippen molar-refractivity contribution in [1.29, 1.82) is 0 Å². The maximum absolute atomic E-state index is 2.49. The van der Waals surface area contributed by atoms with Gasteiger partial charge in [-0.1, -0.05) is 48.5 Å². The van der Waals surface area contributed by atoms with Gasteiger partial charge in [-0.25, -0.2) is 0 Å². The van der Waals surface area contributed by atoms with Gasteiger partial charge in [0.05, 0.1) is 0 Å². The minimum Gasteiger partial charge on any atom is -0.0628 e. The monoisotopic (exact) mass is 224 g/mol. The normalized spacial score (nSPS) is 35.6. The van der Waals surface area contributed by atoms with Crippen molar-refractivity contribution in [3.05, 3.63) is 0 Å². The minimum absolute atomic E-state index is 0.861. The third kappa shape index (κ3) is 3.02. The zero-order chi connectivity index (χ0) is 12.5. The first-order valence-electron chi connectivity index (χ1n) is 7.34. The first kappa shape index (κ1) is 14.1. The van der Waals surface area contributed by atoms with Crippen LogP contribution in [-0.2, 0) is 0 Å². The molecule has 0 bridgehead atoms. The third-order valence-corrected chi connectivity index (χ3v) is 4.73. The van der Waals surface area contributed by atoms with Crippen LogP contribution in [0.25, 0.3) is 0 Å². The third-order valence-electron chi connectivity index (χ3n) is 4.73. The van der Waals surface area contributed by atoms with E-state index >= 15 is 0 Å². The zero-order valence-electron chi connectivity index (χ0n) is 12.5. The molecule has 4 unspecified atom stereocenters. The van der Waals surface area contributed by atoms with E-state index in [-0.39, 0.29) is 0 Å². The second kappa shape index (κ2) is 5.56. The summed E-state index contributed by atoms with van der Waals surface area (Å²) >= 11 is 0. The van der Waals surface area contributed by atoms with Gasteiger partial charge in [0, 0.05) is 0 Å². The average molecular weight is 224 g/mol. The van der Waals surface area contributed by atoms with Gasteiger partial charge in [-0.3, -0.25) is 0 Å². The van der Waals surface area contributed by atoms with Gasteiger partial charge in [-0.05, 0) is 54.3 Å². The van der Waals surface area contributed by atoms with E-state index in [2.05, 4.69) is 48.5 Å². The van der Waals surface area contributed by atoms with Crippen LogP contribution in [0.5, 0.6) is 0 Å². The Morgan fingerprint density at radius 1 is 0.938 bits per heavy atom. The van der Waals surface area contributed by atoms with Crippen molar-refractivity contribution in [2.24, 2.45) is 41.4 Å². The van der Waals surface area contributed by atoms with Crippen LogP contribution < -0.4 is 0 Å². The van der Waals surface area contributed by atoms with Crippen LogP contribution in [0, 0.1) is 41.4 Å². The highest BCUT2D eigenvalue weighted by Gasteiger charge is 2.43. The lowest BCUT2D eigenvalue weighted by molar-refractivity contribution is 0.165. The number of rotatable bonds is 4. The summed E-state index contributed by atoms with van der Waals surface area (Å²) in [6.07, 6.45) is 2.91. The first-order valence-corrected chi connectivity index (χ1v) is 7.34. The van der Waals surface area contributed by atoms with Crippen molar-refractivity contribution in [2.45, 2.75) is 61.3 Å². The first-order chi connectivity index (χ1) is 7.34. The smallest absolute Gasteiger partial charge is 0.0329 e. The molecule has 0 spiro atoms. The van der Waals surface area contributed by atoms with Crippen molar-refractivity contribution < 1.29 is 0 Å². The lowest BCUT2D eigenvalue weighted by atomic mass is 9.73. The lowest BCUT2D eigenvalue weighted by Crippen LogP contribution is -2.26.